The first-order valence-electron chi connectivity index (χ1n) is 11.6. The normalized spacial score (nSPS) is 60.4. The van der Waals surface area contributed by atoms with Gasteiger partial charge in [0.1, 0.15) is 0 Å². The van der Waals surface area contributed by atoms with E-state index >= 15 is 0 Å². The average molecular weight is 357 g/mol. The van der Waals surface area contributed by atoms with E-state index < -0.39 is 0 Å². The Hall–Kier alpha value is -0.300. The van der Waals surface area contributed by atoms with E-state index in [4.69, 9.17) is 0 Å². The van der Waals surface area contributed by atoms with Gasteiger partial charge in [0.25, 0.3) is 0 Å². The molecule has 0 aromatic rings. The second kappa shape index (κ2) is 5.40. The van der Waals surface area contributed by atoms with Gasteiger partial charge in [-0.3, -0.25) is 0 Å². The van der Waals surface area contributed by atoms with Crippen molar-refractivity contribution in [3.63, 3.8) is 0 Å². The van der Waals surface area contributed by atoms with Crippen LogP contribution in [0.1, 0.15) is 85.5 Å². The Balaban J connectivity index is 1.45. The second-order valence-corrected chi connectivity index (χ2v) is 11.8. The zero-order valence-electron chi connectivity index (χ0n) is 17.6. The minimum atomic E-state index is -0.361. The van der Waals surface area contributed by atoms with Crippen LogP contribution in [0.4, 0.5) is 0 Å². The summed E-state index contributed by atoms with van der Waals surface area (Å²) in [4.78, 5) is 0. The lowest BCUT2D eigenvalue weighted by Gasteiger charge is -2.62. The molecule has 5 aliphatic rings. The number of rotatable bonds is 2. The van der Waals surface area contributed by atoms with Gasteiger partial charge in [0.05, 0.1) is 5.60 Å². The van der Waals surface area contributed by atoms with Gasteiger partial charge in [-0.2, -0.15) is 0 Å². The summed E-state index contributed by atoms with van der Waals surface area (Å²) in [6.07, 6.45) is 11.5. The average Bonchev–Trinajstić information content (AvgIpc) is 3.29. The van der Waals surface area contributed by atoms with Crippen LogP contribution < -0.4 is 0 Å². The molecule has 1 nitrogen and oxygen atoms in total. The molecular formula is C25H40O. The third kappa shape index (κ3) is 2.13. The number of aliphatic hydroxyl groups is 1. The van der Waals surface area contributed by atoms with Crippen molar-refractivity contribution in [2.45, 2.75) is 91.1 Å². The fraction of sp³-hybridized carbons (Fsp3) is 0.920. The fourth-order valence-corrected chi connectivity index (χ4v) is 9.54. The van der Waals surface area contributed by atoms with Crippen LogP contribution in [-0.4, -0.2) is 10.7 Å². The summed E-state index contributed by atoms with van der Waals surface area (Å²) in [6, 6.07) is 0. The van der Waals surface area contributed by atoms with Crippen molar-refractivity contribution >= 4 is 0 Å². The van der Waals surface area contributed by atoms with Crippen LogP contribution in [0.25, 0.3) is 0 Å². The first-order valence-corrected chi connectivity index (χ1v) is 11.6. The Morgan fingerprint density at radius 3 is 2.46 bits per heavy atom. The minimum absolute atomic E-state index is 0.361. The Labute approximate surface area is 161 Å². The third-order valence-electron chi connectivity index (χ3n) is 10.8. The molecule has 5 fully saturated rings. The Morgan fingerprint density at radius 1 is 1.00 bits per heavy atom. The van der Waals surface area contributed by atoms with E-state index in [1.807, 2.05) is 0 Å². The monoisotopic (exact) mass is 356 g/mol. The molecule has 0 amide bonds. The molecule has 1 heteroatoms. The van der Waals surface area contributed by atoms with E-state index in [1.54, 1.807) is 0 Å². The summed E-state index contributed by atoms with van der Waals surface area (Å²) in [6.45, 7) is 14.2. The molecule has 0 saturated heterocycles. The number of hydrogen-bond donors (Lipinski definition) is 1. The number of allylic oxidation sites excluding steroid dienone is 1. The van der Waals surface area contributed by atoms with Gasteiger partial charge in [0.2, 0.25) is 0 Å². The van der Waals surface area contributed by atoms with Gasteiger partial charge in [0.15, 0.2) is 0 Å². The molecule has 0 aliphatic heterocycles. The SMILES string of the molecule is C=C(C)[C@H]1[C@H]2C[C@H]2[C@H]2[C@@H]3CC[C@H]4C[C@](O)(CC)CC[C@]4(C)[C@H]3CC[C@@]21C. The van der Waals surface area contributed by atoms with Crippen molar-refractivity contribution in [2.24, 2.45) is 52.3 Å². The smallest absolute Gasteiger partial charge is 0.0648 e. The lowest BCUT2D eigenvalue weighted by molar-refractivity contribution is -0.154. The predicted molar refractivity (Wildman–Crippen MR) is 108 cm³/mol. The van der Waals surface area contributed by atoms with Crippen LogP contribution in [0, 0.1) is 52.3 Å². The maximum absolute atomic E-state index is 11.0. The van der Waals surface area contributed by atoms with Gasteiger partial charge < -0.3 is 5.11 Å². The molecule has 0 spiro atoms. The fourth-order valence-electron chi connectivity index (χ4n) is 9.54. The van der Waals surface area contributed by atoms with E-state index in [2.05, 4.69) is 34.3 Å². The molecule has 0 unspecified atom stereocenters. The topological polar surface area (TPSA) is 20.2 Å². The van der Waals surface area contributed by atoms with E-state index in [9.17, 15) is 5.11 Å². The first-order chi connectivity index (χ1) is 12.2. The second-order valence-electron chi connectivity index (χ2n) is 11.8. The zero-order valence-corrected chi connectivity index (χ0v) is 17.6. The van der Waals surface area contributed by atoms with E-state index in [0.717, 1.165) is 60.7 Å². The van der Waals surface area contributed by atoms with E-state index in [0.29, 0.717) is 10.8 Å². The summed E-state index contributed by atoms with van der Waals surface area (Å²) >= 11 is 0. The largest absolute Gasteiger partial charge is 0.390 e. The number of fused-ring (bicyclic) bond motifs is 7. The molecule has 0 aromatic carbocycles. The minimum Gasteiger partial charge on any atom is -0.390 e. The van der Waals surface area contributed by atoms with Crippen molar-refractivity contribution in [3.05, 3.63) is 12.2 Å². The van der Waals surface area contributed by atoms with Gasteiger partial charge >= 0.3 is 0 Å². The highest BCUT2D eigenvalue weighted by Gasteiger charge is 2.70. The van der Waals surface area contributed by atoms with Crippen LogP contribution in [0.15, 0.2) is 12.2 Å². The lowest BCUT2D eigenvalue weighted by atomic mass is 9.43. The van der Waals surface area contributed by atoms with Crippen molar-refractivity contribution in [1.82, 2.24) is 0 Å². The van der Waals surface area contributed by atoms with Crippen LogP contribution >= 0.6 is 0 Å². The predicted octanol–water partition coefficient (Wildman–Crippen LogP) is 6.22. The molecule has 1 N–H and O–H groups in total. The molecule has 0 aromatic heterocycles. The highest BCUT2D eigenvalue weighted by molar-refractivity contribution is 5.24. The van der Waals surface area contributed by atoms with E-state index in [1.165, 1.54) is 44.1 Å². The van der Waals surface area contributed by atoms with Crippen LogP contribution in [0.5, 0.6) is 0 Å². The zero-order chi connectivity index (χ0) is 18.5. The summed E-state index contributed by atoms with van der Waals surface area (Å²) in [5.74, 6) is 6.42. The molecule has 10 atom stereocenters. The van der Waals surface area contributed by atoms with Crippen LogP contribution in [0.2, 0.25) is 0 Å². The molecule has 0 heterocycles. The molecule has 5 aliphatic carbocycles. The Morgan fingerprint density at radius 2 is 1.77 bits per heavy atom. The van der Waals surface area contributed by atoms with Crippen molar-refractivity contribution < 1.29 is 5.11 Å². The highest BCUT2D eigenvalue weighted by Crippen LogP contribution is 2.76. The van der Waals surface area contributed by atoms with Gasteiger partial charge in [-0.25, -0.2) is 0 Å². The van der Waals surface area contributed by atoms with Gasteiger partial charge in [-0.15, -0.1) is 0 Å². The molecule has 5 rings (SSSR count). The van der Waals surface area contributed by atoms with Gasteiger partial charge in [-0.05, 0) is 117 Å². The highest BCUT2D eigenvalue weighted by atomic mass is 16.3. The molecule has 26 heavy (non-hydrogen) atoms. The molecule has 0 radical (unpaired) electrons. The van der Waals surface area contributed by atoms with Crippen molar-refractivity contribution in [2.75, 3.05) is 0 Å². The molecule has 146 valence electrons. The summed E-state index contributed by atoms with van der Waals surface area (Å²) in [5.41, 5.74) is 2.16. The molecule has 5 saturated carbocycles. The quantitative estimate of drug-likeness (QED) is 0.582. The number of hydrogen-bond acceptors (Lipinski definition) is 1. The Kier molecular flexibility index (Phi) is 3.69. The summed E-state index contributed by atoms with van der Waals surface area (Å²) in [7, 11) is 0. The maximum atomic E-state index is 11.0. The van der Waals surface area contributed by atoms with Crippen LogP contribution in [0.3, 0.4) is 0 Å². The van der Waals surface area contributed by atoms with Gasteiger partial charge in [0, 0.05) is 0 Å². The standard InChI is InChI=1S/C25H40O/c1-6-25(26)12-11-23(4)16(14-25)7-8-17-20(23)9-10-24(5)21(15(2)3)18-13-19(18)22(17)24/h16-22,26H,2,6-14H2,1,3-5H3/t16-,17+,18-,19+,20-,21-,22+,23-,24+,25-/m0/s1. The maximum Gasteiger partial charge on any atom is 0.0648 e. The van der Waals surface area contributed by atoms with Crippen molar-refractivity contribution in [3.8, 4) is 0 Å². The molecule has 0 bridgehead atoms. The molecular weight excluding hydrogens is 316 g/mol. The first kappa shape index (κ1) is 17.8. The summed E-state index contributed by atoms with van der Waals surface area (Å²) in [5, 5.41) is 11.0. The van der Waals surface area contributed by atoms with E-state index in [-0.39, 0.29) is 5.60 Å². The summed E-state index contributed by atoms with van der Waals surface area (Å²) < 4.78 is 0. The lowest BCUT2D eigenvalue weighted by Crippen LogP contribution is -2.56. The third-order valence-corrected chi connectivity index (χ3v) is 10.8. The Bertz CT molecular complexity index is 624. The van der Waals surface area contributed by atoms with Gasteiger partial charge in [-0.1, -0.05) is 32.9 Å². The van der Waals surface area contributed by atoms with Crippen molar-refractivity contribution in [1.29, 1.82) is 0 Å². The van der Waals surface area contributed by atoms with Crippen LogP contribution in [-0.2, 0) is 0 Å².